The highest BCUT2D eigenvalue weighted by Gasteiger charge is 2.27. The van der Waals surface area contributed by atoms with Crippen molar-refractivity contribution in [3.63, 3.8) is 0 Å². The molecule has 0 bridgehead atoms. The number of hydrogen-bond donors (Lipinski definition) is 2. The van der Waals surface area contributed by atoms with Crippen LogP contribution in [-0.2, 0) is 0 Å². The van der Waals surface area contributed by atoms with Crippen LogP contribution >= 0.6 is 11.3 Å². The number of primary amides is 1. The number of carbonyl (C=O) groups excluding carboxylic acids is 1. The van der Waals surface area contributed by atoms with Crippen LogP contribution in [0.25, 0.3) is 0 Å². The van der Waals surface area contributed by atoms with Crippen molar-refractivity contribution >= 4 is 27.9 Å². The molecule has 1 aliphatic heterocycles. The summed E-state index contributed by atoms with van der Waals surface area (Å²) in [6.07, 6.45) is 2.13. The van der Waals surface area contributed by atoms with E-state index in [9.17, 15) is 4.79 Å². The molecule has 1 aromatic rings. The fourth-order valence-electron chi connectivity index (χ4n) is 2.81. The first-order chi connectivity index (χ1) is 9.93. The Kier molecular flexibility index (Phi) is 4.70. The van der Waals surface area contributed by atoms with E-state index < -0.39 is 5.91 Å². The molecule has 21 heavy (non-hydrogen) atoms. The number of thiophene rings is 1. The number of anilines is 2. The molecule has 0 aliphatic carbocycles. The van der Waals surface area contributed by atoms with Gasteiger partial charge in [-0.25, -0.2) is 0 Å². The second-order valence-electron chi connectivity index (χ2n) is 5.69. The average Bonchev–Trinajstić information content (AvgIpc) is 2.76. The van der Waals surface area contributed by atoms with Crippen LogP contribution in [0.4, 0.5) is 10.7 Å². The highest BCUT2D eigenvalue weighted by Crippen LogP contribution is 2.39. The Morgan fingerprint density at radius 1 is 1.48 bits per heavy atom. The molecule has 0 unspecified atom stereocenters. The number of nitriles is 1. The molecule has 7 heteroatoms. The summed E-state index contributed by atoms with van der Waals surface area (Å²) in [5.41, 5.74) is 11.8. The minimum absolute atomic E-state index is 0.223. The average molecular weight is 307 g/mol. The fourth-order valence-corrected chi connectivity index (χ4v) is 3.89. The van der Waals surface area contributed by atoms with Gasteiger partial charge in [0.25, 0.3) is 5.91 Å². The number of rotatable bonds is 4. The number of nitrogens with zero attached hydrogens (tertiary/aromatic N) is 3. The summed E-state index contributed by atoms with van der Waals surface area (Å²) < 4.78 is 0. The van der Waals surface area contributed by atoms with Gasteiger partial charge < -0.3 is 21.3 Å². The van der Waals surface area contributed by atoms with Gasteiger partial charge in [0.1, 0.15) is 15.9 Å². The van der Waals surface area contributed by atoms with E-state index >= 15 is 0 Å². The molecule has 0 atom stereocenters. The molecule has 1 aliphatic rings. The molecular formula is C14H21N5OS. The monoisotopic (exact) mass is 307 g/mol. The summed E-state index contributed by atoms with van der Waals surface area (Å²) >= 11 is 1.26. The van der Waals surface area contributed by atoms with Gasteiger partial charge in [0.15, 0.2) is 0 Å². The summed E-state index contributed by atoms with van der Waals surface area (Å²) in [5, 5.41) is 9.83. The quantitative estimate of drug-likeness (QED) is 0.867. The van der Waals surface area contributed by atoms with E-state index in [2.05, 4.69) is 23.9 Å². The van der Waals surface area contributed by atoms with E-state index in [1.54, 1.807) is 0 Å². The number of hydrogen-bond acceptors (Lipinski definition) is 6. The van der Waals surface area contributed by atoms with Crippen LogP contribution in [0.5, 0.6) is 0 Å². The van der Waals surface area contributed by atoms with Crippen LogP contribution in [0.15, 0.2) is 0 Å². The van der Waals surface area contributed by atoms with Gasteiger partial charge in [-0.05, 0) is 32.9 Å². The van der Waals surface area contributed by atoms with Crippen molar-refractivity contribution in [3.8, 4) is 6.07 Å². The lowest BCUT2D eigenvalue weighted by Crippen LogP contribution is -2.37. The zero-order valence-electron chi connectivity index (χ0n) is 12.4. The highest BCUT2D eigenvalue weighted by molar-refractivity contribution is 7.17. The van der Waals surface area contributed by atoms with Crippen LogP contribution in [-0.4, -0.2) is 44.5 Å². The third-order valence-electron chi connectivity index (χ3n) is 3.80. The lowest BCUT2D eigenvalue weighted by molar-refractivity contribution is 0.100. The predicted octanol–water partition coefficient (Wildman–Crippen LogP) is 1.08. The normalized spacial score (nSPS) is 16.2. The highest BCUT2D eigenvalue weighted by atomic mass is 32.1. The van der Waals surface area contributed by atoms with Gasteiger partial charge in [-0.15, -0.1) is 11.3 Å². The number of amides is 1. The van der Waals surface area contributed by atoms with E-state index in [1.165, 1.54) is 11.3 Å². The maximum atomic E-state index is 11.6. The number of carbonyl (C=O) groups is 1. The molecule has 0 radical (unpaired) electrons. The van der Waals surface area contributed by atoms with Crippen LogP contribution in [0.1, 0.15) is 28.1 Å². The van der Waals surface area contributed by atoms with Gasteiger partial charge in [-0.2, -0.15) is 5.26 Å². The fraction of sp³-hybridized carbons (Fsp3) is 0.571. The molecule has 1 aromatic heterocycles. The van der Waals surface area contributed by atoms with Gasteiger partial charge in [0, 0.05) is 19.6 Å². The Labute approximate surface area is 128 Å². The van der Waals surface area contributed by atoms with Gasteiger partial charge in [-0.1, -0.05) is 0 Å². The Morgan fingerprint density at radius 3 is 2.57 bits per heavy atom. The summed E-state index contributed by atoms with van der Waals surface area (Å²) in [5.74, 6) is 0.108. The lowest BCUT2D eigenvalue weighted by atomic mass is 9.96. The van der Waals surface area contributed by atoms with E-state index in [1.807, 2.05) is 6.07 Å². The Hall–Kier alpha value is -1.78. The first-order valence-corrected chi connectivity index (χ1v) is 7.77. The van der Waals surface area contributed by atoms with Crippen molar-refractivity contribution in [1.82, 2.24) is 4.90 Å². The van der Waals surface area contributed by atoms with Gasteiger partial charge in [0.05, 0.1) is 11.3 Å². The zero-order chi connectivity index (χ0) is 15.6. The molecule has 6 nitrogen and oxygen atoms in total. The number of nitrogen functional groups attached to an aromatic ring is 1. The SMILES string of the molecule is CN(C)CC1CCN(c2sc(C#N)c(N)c2C(N)=O)CC1. The second-order valence-corrected chi connectivity index (χ2v) is 6.69. The number of nitrogens with two attached hydrogens (primary N) is 2. The molecule has 1 amide bonds. The maximum Gasteiger partial charge on any atom is 0.253 e. The van der Waals surface area contributed by atoms with Gasteiger partial charge in [0.2, 0.25) is 0 Å². The van der Waals surface area contributed by atoms with Crippen molar-refractivity contribution in [3.05, 3.63) is 10.4 Å². The minimum atomic E-state index is -0.560. The lowest BCUT2D eigenvalue weighted by Gasteiger charge is -2.34. The Bertz CT molecular complexity index is 567. The number of piperidine rings is 1. The standard InChI is InChI=1S/C14H21N5OS/c1-18(2)8-9-3-5-19(6-4-9)14-11(13(17)20)12(16)10(7-15)21-14/h9H,3-6,8,16H2,1-2H3,(H2,17,20). The summed E-state index contributed by atoms with van der Waals surface area (Å²) in [6, 6.07) is 2.04. The van der Waals surface area contributed by atoms with Crippen molar-refractivity contribution in [2.24, 2.45) is 11.7 Å². The van der Waals surface area contributed by atoms with Crippen molar-refractivity contribution in [1.29, 1.82) is 5.26 Å². The first-order valence-electron chi connectivity index (χ1n) is 6.95. The molecule has 0 saturated carbocycles. The zero-order valence-corrected chi connectivity index (χ0v) is 13.2. The molecule has 4 N–H and O–H groups in total. The molecule has 2 rings (SSSR count). The minimum Gasteiger partial charge on any atom is -0.396 e. The van der Waals surface area contributed by atoms with Crippen LogP contribution in [0.2, 0.25) is 0 Å². The van der Waals surface area contributed by atoms with Gasteiger partial charge in [-0.3, -0.25) is 4.79 Å². The van der Waals surface area contributed by atoms with Crippen LogP contribution in [0.3, 0.4) is 0 Å². The van der Waals surface area contributed by atoms with E-state index in [0.717, 1.165) is 37.5 Å². The van der Waals surface area contributed by atoms with Crippen molar-refractivity contribution in [2.45, 2.75) is 12.8 Å². The van der Waals surface area contributed by atoms with Gasteiger partial charge >= 0.3 is 0 Å². The Balaban J connectivity index is 2.17. The molecule has 1 saturated heterocycles. The van der Waals surface area contributed by atoms with E-state index in [-0.39, 0.29) is 5.69 Å². The summed E-state index contributed by atoms with van der Waals surface area (Å²) in [6.45, 7) is 2.81. The van der Waals surface area contributed by atoms with Crippen LogP contribution < -0.4 is 16.4 Å². The maximum absolute atomic E-state index is 11.6. The third-order valence-corrected chi connectivity index (χ3v) is 4.97. The molecule has 1 fully saturated rings. The summed E-state index contributed by atoms with van der Waals surface area (Å²) in [7, 11) is 4.16. The summed E-state index contributed by atoms with van der Waals surface area (Å²) in [4.78, 5) is 16.3. The molecule has 2 heterocycles. The topological polar surface area (TPSA) is 99.4 Å². The smallest absolute Gasteiger partial charge is 0.253 e. The molecular weight excluding hydrogens is 286 g/mol. The van der Waals surface area contributed by atoms with Crippen molar-refractivity contribution in [2.75, 3.05) is 44.4 Å². The van der Waals surface area contributed by atoms with E-state index in [4.69, 9.17) is 16.7 Å². The first kappa shape index (κ1) is 15.6. The largest absolute Gasteiger partial charge is 0.396 e. The molecule has 0 aromatic carbocycles. The molecule has 114 valence electrons. The molecule has 0 spiro atoms. The van der Waals surface area contributed by atoms with E-state index in [0.29, 0.717) is 16.4 Å². The Morgan fingerprint density at radius 2 is 2.10 bits per heavy atom. The predicted molar refractivity (Wildman–Crippen MR) is 85.5 cm³/mol. The second kappa shape index (κ2) is 6.33. The van der Waals surface area contributed by atoms with Crippen LogP contribution in [0, 0.1) is 17.2 Å². The third kappa shape index (κ3) is 3.28. The van der Waals surface area contributed by atoms with Crippen molar-refractivity contribution < 1.29 is 4.79 Å².